The van der Waals surface area contributed by atoms with Crippen molar-refractivity contribution >= 4 is 11.6 Å². The van der Waals surface area contributed by atoms with Gasteiger partial charge in [-0.2, -0.15) is 0 Å². The van der Waals surface area contributed by atoms with Gasteiger partial charge in [0.25, 0.3) is 0 Å². The highest BCUT2D eigenvalue weighted by Crippen LogP contribution is 2.20. The van der Waals surface area contributed by atoms with E-state index in [1.165, 1.54) is 11.1 Å². The molecule has 0 aliphatic heterocycles. The predicted molar refractivity (Wildman–Crippen MR) is 81.1 cm³/mol. The van der Waals surface area contributed by atoms with E-state index in [9.17, 15) is 9.90 Å². The highest BCUT2D eigenvalue weighted by atomic mass is 16.3. The normalized spacial score (nSPS) is 10.3. The van der Waals surface area contributed by atoms with Crippen molar-refractivity contribution in [3.05, 3.63) is 58.7 Å². The van der Waals surface area contributed by atoms with E-state index in [-0.39, 0.29) is 11.7 Å². The van der Waals surface area contributed by atoms with Crippen molar-refractivity contribution in [3.8, 4) is 5.75 Å². The van der Waals surface area contributed by atoms with Gasteiger partial charge in [0, 0.05) is 5.69 Å². The minimum absolute atomic E-state index is 0.0537. The van der Waals surface area contributed by atoms with Crippen LogP contribution in [0.15, 0.2) is 36.4 Å². The molecule has 2 aromatic rings. The number of benzene rings is 2. The van der Waals surface area contributed by atoms with Gasteiger partial charge in [0.1, 0.15) is 5.75 Å². The van der Waals surface area contributed by atoms with Crippen LogP contribution in [-0.4, -0.2) is 11.0 Å². The van der Waals surface area contributed by atoms with Crippen LogP contribution in [0.1, 0.15) is 22.3 Å². The summed E-state index contributed by atoms with van der Waals surface area (Å²) in [5, 5.41) is 12.2. The van der Waals surface area contributed by atoms with Crippen LogP contribution in [0.4, 0.5) is 5.69 Å². The van der Waals surface area contributed by atoms with Crippen molar-refractivity contribution in [2.75, 3.05) is 5.32 Å². The molecular formula is C17H19NO2. The Bertz CT molecular complexity index is 647. The van der Waals surface area contributed by atoms with Crippen molar-refractivity contribution in [3.63, 3.8) is 0 Å². The van der Waals surface area contributed by atoms with Gasteiger partial charge in [0.2, 0.25) is 5.91 Å². The first-order chi connectivity index (χ1) is 9.45. The number of aromatic hydroxyl groups is 1. The summed E-state index contributed by atoms with van der Waals surface area (Å²) in [7, 11) is 0. The smallest absolute Gasteiger partial charge is 0.228 e. The van der Waals surface area contributed by atoms with Gasteiger partial charge in [0.15, 0.2) is 0 Å². The second-order valence-corrected chi connectivity index (χ2v) is 5.14. The van der Waals surface area contributed by atoms with E-state index >= 15 is 0 Å². The van der Waals surface area contributed by atoms with Crippen LogP contribution in [0.2, 0.25) is 0 Å². The number of aryl methyl sites for hydroxylation is 3. The third-order valence-electron chi connectivity index (χ3n) is 3.42. The molecule has 2 aromatic carbocycles. The van der Waals surface area contributed by atoms with Crippen LogP contribution in [0.3, 0.4) is 0 Å². The van der Waals surface area contributed by atoms with E-state index in [4.69, 9.17) is 0 Å². The molecule has 1 amide bonds. The monoisotopic (exact) mass is 269 g/mol. The Kier molecular flexibility index (Phi) is 4.08. The van der Waals surface area contributed by atoms with Crippen molar-refractivity contribution < 1.29 is 9.90 Å². The summed E-state index contributed by atoms with van der Waals surface area (Å²) in [5.41, 5.74) is 5.00. The lowest BCUT2D eigenvalue weighted by atomic mass is 10.0. The first-order valence-corrected chi connectivity index (χ1v) is 6.61. The summed E-state index contributed by atoms with van der Waals surface area (Å²) < 4.78 is 0. The van der Waals surface area contributed by atoms with Crippen LogP contribution >= 0.6 is 0 Å². The first-order valence-electron chi connectivity index (χ1n) is 6.61. The molecule has 0 saturated carbocycles. The maximum Gasteiger partial charge on any atom is 0.228 e. The zero-order valence-corrected chi connectivity index (χ0v) is 12.0. The summed E-state index contributed by atoms with van der Waals surface area (Å²) >= 11 is 0. The van der Waals surface area contributed by atoms with Crippen LogP contribution in [0.5, 0.6) is 5.75 Å². The van der Waals surface area contributed by atoms with Gasteiger partial charge in [-0.3, -0.25) is 4.79 Å². The zero-order chi connectivity index (χ0) is 14.7. The molecule has 0 bridgehead atoms. The molecule has 0 aliphatic rings. The molecule has 0 fully saturated rings. The Morgan fingerprint density at radius 2 is 1.75 bits per heavy atom. The number of amides is 1. The summed E-state index contributed by atoms with van der Waals surface area (Å²) in [4.78, 5) is 12.0. The molecule has 3 heteroatoms. The molecule has 0 atom stereocenters. The fourth-order valence-electron chi connectivity index (χ4n) is 2.08. The number of hydrogen-bond acceptors (Lipinski definition) is 2. The fraction of sp³-hybridized carbons (Fsp3) is 0.235. The van der Waals surface area contributed by atoms with Crippen LogP contribution < -0.4 is 5.32 Å². The number of phenols is 1. The molecule has 0 radical (unpaired) electrons. The summed E-state index contributed by atoms with van der Waals surface area (Å²) in [6.07, 6.45) is 0.349. The molecule has 3 nitrogen and oxygen atoms in total. The number of carbonyl (C=O) groups is 1. The maximum absolute atomic E-state index is 12.0. The lowest BCUT2D eigenvalue weighted by molar-refractivity contribution is -0.115. The van der Waals surface area contributed by atoms with E-state index < -0.39 is 0 Å². The summed E-state index contributed by atoms with van der Waals surface area (Å²) in [6, 6.07) is 11.0. The highest BCUT2D eigenvalue weighted by Gasteiger charge is 2.07. The Morgan fingerprint density at radius 3 is 2.40 bits per heavy atom. The van der Waals surface area contributed by atoms with E-state index in [1.807, 2.05) is 32.0 Å². The maximum atomic E-state index is 12.0. The molecule has 0 unspecified atom stereocenters. The Morgan fingerprint density at radius 1 is 1.00 bits per heavy atom. The molecule has 0 aromatic heterocycles. The minimum atomic E-state index is -0.0537. The summed E-state index contributed by atoms with van der Waals surface area (Å²) in [6.45, 7) is 5.95. The molecule has 0 aliphatic carbocycles. The number of hydrogen-bond donors (Lipinski definition) is 2. The number of phenolic OH excluding ortho intramolecular Hbond substituents is 1. The third-order valence-corrected chi connectivity index (χ3v) is 3.42. The molecular weight excluding hydrogens is 250 g/mol. The van der Waals surface area contributed by atoms with Gasteiger partial charge in [-0.15, -0.1) is 0 Å². The highest BCUT2D eigenvalue weighted by molar-refractivity contribution is 5.93. The van der Waals surface area contributed by atoms with Crippen LogP contribution in [-0.2, 0) is 11.2 Å². The van der Waals surface area contributed by atoms with Crippen molar-refractivity contribution in [1.82, 2.24) is 0 Å². The standard InChI is InChI=1S/C17H19NO2/c1-11-4-5-14(8-12(11)2)10-17(20)18-16-7-6-15(19)9-13(16)3/h4-9,19H,10H2,1-3H3,(H,18,20). The molecule has 0 spiro atoms. The molecule has 2 rings (SSSR count). The zero-order valence-electron chi connectivity index (χ0n) is 12.0. The molecule has 2 N–H and O–H groups in total. The molecule has 0 saturated heterocycles. The van der Waals surface area contributed by atoms with Gasteiger partial charge >= 0.3 is 0 Å². The SMILES string of the molecule is Cc1ccc(CC(=O)Nc2ccc(O)cc2C)cc1C. The largest absolute Gasteiger partial charge is 0.508 e. The van der Waals surface area contributed by atoms with E-state index in [0.717, 1.165) is 16.8 Å². The molecule has 20 heavy (non-hydrogen) atoms. The number of rotatable bonds is 3. The van der Waals surface area contributed by atoms with Crippen molar-refractivity contribution in [2.24, 2.45) is 0 Å². The average molecular weight is 269 g/mol. The third kappa shape index (κ3) is 3.38. The average Bonchev–Trinajstić information content (AvgIpc) is 2.37. The lowest BCUT2D eigenvalue weighted by Gasteiger charge is -2.09. The fourth-order valence-corrected chi connectivity index (χ4v) is 2.08. The topological polar surface area (TPSA) is 49.3 Å². The van der Waals surface area contributed by atoms with Crippen LogP contribution in [0.25, 0.3) is 0 Å². The van der Waals surface area contributed by atoms with Gasteiger partial charge in [-0.05, 0) is 61.2 Å². The van der Waals surface area contributed by atoms with Crippen molar-refractivity contribution in [2.45, 2.75) is 27.2 Å². The lowest BCUT2D eigenvalue weighted by Crippen LogP contribution is -2.15. The molecule has 0 heterocycles. The van der Waals surface area contributed by atoms with Crippen LogP contribution in [0, 0.1) is 20.8 Å². The number of nitrogens with one attached hydrogen (secondary N) is 1. The van der Waals surface area contributed by atoms with E-state index in [0.29, 0.717) is 6.42 Å². The summed E-state index contributed by atoms with van der Waals surface area (Å²) in [5.74, 6) is 0.150. The second kappa shape index (κ2) is 5.78. The number of carbonyl (C=O) groups excluding carboxylic acids is 1. The van der Waals surface area contributed by atoms with Gasteiger partial charge < -0.3 is 10.4 Å². The minimum Gasteiger partial charge on any atom is -0.508 e. The van der Waals surface area contributed by atoms with Gasteiger partial charge in [-0.25, -0.2) is 0 Å². The second-order valence-electron chi connectivity index (χ2n) is 5.14. The van der Waals surface area contributed by atoms with Gasteiger partial charge in [0.05, 0.1) is 6.42 Å². The Labute approximate surface area is 119 Å². The quantitative estimate of drug-likeness (QED) is 0.838. The van der Waals surface area contributed by atoms with Gasteiger partial charge in [-0.1, -0.05) is 18.2 Å². The Balaban J connectivity index is 2.07. The number of anilines is 1. The van der Waals surface area contributed by atoms with E-state index in [2.05, 4.69) is 12.2 Å². The Hall–Kier alpha value is -2.29. The molecule has 104 valence electrons. The first kappa shape index (κ1) is 14.1. The van der Waals surface area contributed by atoms with Crippen molar-refractivity contribution in [1.29, 1.82) is 0 Å². The van der Waals surface area contributed by atoms with E-state index in [1.54, 1.807) is 18.2 Å². The predicted octanol–water partition coefficient (Wildman–Crippen LogP) is 3.50.